The van der Waals surface area contributed by atoms with Crippen LogP contribution in [-0.4, -0.2) is 9.97 Å². The van der Waals surface area contributed by atoms with Crippen LogP contribution in [0.5, 0.6) is 11.6 Å². The standard InChI is InChI=1S/C20H19FN2OS/c1-3-17-12-19(24-18-10-8-16(21)9-11-18)23-20(22-17)25-13-15-7-5-4-6-14(15)2/h4-12H,3,13H2,1-2H3. The Kier molecular flexibility index (Phi) is 5.66. The number of hydrogen-bond acceptors (Lipinski definition) is 4. The van der Waals surface area contributed by atoms with Crippen LogP contribution < -0.4 is 4.74 Å². The Hall–Kier alpha value is -2.40. The summed E-state index contributed by atoms with van der Waals surface area (Å²) in [5, 5.41) is 0.680. The maximum absolute atomic E-state index is 13.0. The van der Waals surface area contributed by atoms with Crippen LogP contribution in [0, 0.1) is 12.7 Å². The molecule has 0 saturated heterocycles. The zero-order valence-electron chi connectivity index (χ0n) is 14.2. The van der Waals surface area contributed by atoms with E-state index in [9.17, 15) is 4.39 Å². The van der Waals surface area contributed by atoms with Crippen molar-refractivity contribution in [1.29, 1.82) is 0 Å². The van der Waals surface area contributed by atoms with E-state index in [-0.39, 0.29) is 5.82 Å². The average molecular weight is 354 g/mol. The van der Waals surface area contributed by atoms with Crippen molar-refractivity contribution in [1.82, 2.24) is 9.97 Å². The van der Waals surface area contributed by atoms with E-state index in [0.29, 0.717) is 16.8 Å². The predicted octanol–water partition coefficient (Wildman–Crippen LogP) is 5.57. The summed E-state index contributed by atoms with van der Waals surface area (Å²) in [5.74, 6) is 1.54. The van der Waals surface area contributed by atoms with E-state index >= 15 is 0 Å². The minimum atomic E-state index is -0.293. The van der Waals surface area contributed by atoms with Gasteiger partial charge in [-0.25, -0.2) is 9.37 Å². The molecule has 0 radical (unpaired) electrons. The minimum Gasteiger partial charge on any atom is -0.439 e. The van der Waals surface area contributed by atoms with E-state index in [2.05, 4.69) is 29.0 Å². The van der Waals surface area contributed by atoms with Gasteiger partial charge in [0, 0.05) is 17.5 Å². The summed E-state index contributed by atoms with van der Waals surface area (Å²) < 4.78 is 18.8. The largest absolute Gasteiger partial charge is 0.439 e. The molecular weight excluding hydrogens is 335 g/mol. The Morgan fingerprint density at radius 1 is 1.04 bits per heavy atom. The van der Waals surface area contributed by atoms with Crippen molar-refractivity contribution in [2.24, 2.45) is 0 Å². The summed E-state index contributed by atoms with van der Waals surface area (Å²) in [6.45, 7) is 4.14. The molecule has 3 rings (SSSR count). The first-order valence-corrected chi connectivity index (χ1v) is 9.11. The van der Waals surface area contributed by atoms with Gasteiger partial charge in [-0.3, -0.25) is 0 Å². The number of benzene rings is 2. The molecule has 0 saturated carbocycles. The maximum Gasteiger partial charge on any atom is 0.223 e. The van der Waals surface area contributed by atoms with E-state index in [1.165, 1.54) is 23.3 Å². The van der Waals surface area contributed by atoms with Gasteiger partial charge in [0.25, 0.3) is 0 Å². The lowest BCUT2D eigenvalue weighted by atomic mass is 10.1. The van der Waals surface area contributed by atoms with Crippen LogP contribution >= 0.6 is 11.8 Å². The summed E-state index contributed by atoms with van der Waals surface area (Å²) in [6.07, 6.45) is 0.792. The normalized spacial score (nSPS) is 10.7. The van der Waals surface area contributed by atoms with Crippen LogP contribution in [0.25, 0.3) is 0 Å². The van der Waals surface area contributed by atoms with Gasteiger partial charge in [0.2, 0.25) is 5.88 Å². The van der Waals surface area contributed by atoms with E-state index in [1.807, 2.05) is 25.1 Å². The number of rotatable bonds is 6. The Balaban J connectivity index is 1.77. The zero-order chi connectivity index (χ0) is 17.6. The van der Waals surface area contributed by atoms with Crippen LogP contribution in [0.3, 0.4) is 0 Å². The van der Waals surface area contributed by atoms with Gasteiger partial charge in [-0.15, -0.1) is 0 Å². The van der Waals surface area contributed by atoms with Crippen molar-refractivity contribution in [3.63, 3.8) is 0 Å². The van der Waals surface area contributed by atoms with Crippen molar-refractivity contribution in [2.45, 2.75) is 31.2 Å². The third kappa shape index (κ3) is 4.79. The second-order valence-corrected chi connectivity index (χ2v) is 6.55. The van der Waals surface area contributed by atoms with Gasteiger partial charge < -0.3 is 4.74 Å². The smallest absolute Gasteiger partial charge is 0.223 e. The van der Waals surface area contributed by atoms with Gasteiger partial charge in [0.1, 0.15) is 11.6 Å². The summed E-state index contributed by atoms with van der Waals surface area (Å²) >= 11 is 1.58. The highest BCUT2D eigenvalue weighted by molar-refractivity contribution is 7.98. The molecule has 0 aliphatic heterocycles. The number of nitrogens with zero attached hydrogens (tertiary/aromatic N) is 2. The van der Waals surface area contributed by atoms with Gasteiger partial charge in [0.15, 0.2) is 5.16 Å². The zero-order valence-corrected chi connectivity index (χ0v) is 15.0. The van der Waals surface area contributed by atoms with Crippen molar-refractivity contribution < 1.29 is 9.13 Å². The van der Waals surface area contributed by atoms with Gasteiger partial charge in [0.05, 0.1) is 0 Å². The summed E-state index contributed by atoms with van der Waals surface area (Å²) in [5.41, 5.74) is 3.43. The SMILES string of the molecule is CCc1cc(Oc2ccc(F)cc2)nc(SCc2ccccc2C)n1. The second kappa shape index (κ2) is 8.12. The lowest BCUT2D eigenvalue weighted by Gasteiger charge is -2.09. The third-order valence-electron chi connectivity index (χ3n) is 3.75. The second-order valence-electron chi connectivity index (χ2n) is 5.60. The highest BCUT2D eigenvalue weighted by Crippen LogP contribution is 2.26. The van der Waals surface area contributed by atoms with Crippen LogP contribution in [0.2, 0.25) is 0 Å². The fourth-order valence-corrected chi connectivity index (χ4v) is 3.23. The molecule has 25 heavy (non-hydrogen) atoms. The van der Waals surface area contributed by atoms with E-state index in [4.69, 9.17) is 4.74 Å². The van der Waals surface area contributed by atoms with E-state index < -0.39 is 0 Å². The number of aromatic nitrogens is 2. The monoisotopic (exact) mass is 354 g/mol. The Morgan fingerprint density at radius 2 is 1.80 bits per heavy atom. The van der Waals surface area contributed by atoms with Crippen LogP contribution in [0.4, 0.5) is 4.39 Å². The molecule has 0 spiro atoms. The molecule has 0 unspecified atom stereocenters. The molecule has 2 aromatic carbocycles. The van der Waals surface area contributed by atoms with Crippen molar-refractivity contribution in [3.05, 3.63) is 77.2 Å². The van der Waals surface area contributed by atoms with Gasteiger partial charge in [-0.1, -0.05) is 43.0 Å². The van der Waals surface area contributed by atoms with E-state index in [1.54, 1.807) is 23.9 Å². The molecule has 128 valence electrons. The lowest BCUT2D eigenvalue weighted by molar-refractivity contribution is 0.452. The van der Waals surface area contributed by atoms with Gasteiger partial charge in [-0.05, 0) is 48.7 Å². The van der Waals surface area contributed by atoms with Crippen LogP contribution in [-0.2, 0) is 12.2 Å². The molecule has 0 aliphatic carbocycles. The number of aryl methyl sites for hydroxylation is 2. The number of ether oxygens (including phenoxy) is 1. The molecule has 0 N–H and O–H groups in total. The maximum atomic E-state index is 13.0. The Labute approximate surface area is 151 Å². The predicted molar refractivity (Wildman–Crippen MR) is 98.6 cm³/mol. The topological polar surface area (TPSA) is 35.0 Å². The Morgan fingerprint density at radius 3 is 2.52 bits per heavy atom. The molecule has 1 heterocycles. The van der Waals surface area contributed by atoms with E-state index in [0.717, 1.165) is 17.9 Å². The number of thioether (sulfide) groups is 1. The van der Waals surface area contributed by atoms with Gasteiger partial charge in [-0.2, -0.15) is 4.98 Å². The van der Waals surface area contributed by atoms with Crippen molar-refractivity contribution in [2.75, 3.05) is 0 Å². The van der Waals surface area contributed by atoms with Crippen molar-refractivity contribution >= 4 is 11.8 Å². The fraction of sp³-hybridized carbons (Fsp3) is 0.200. The number of halogens is 1. The minimum absolute atomic E-state index is 0.293. The highest BCUT2D eigenvalue weighted by atomic mass is 32.2. The number of hydrogen-bond donors (Lipinski definition) is 0. The summed E-state index contributed by atoms with van der Waals surface area (Å²) in [7, 11) is 0. The van der Waals surface area contributed by atoms with Crippen LogP contribution in [0.15, 0.2) is 59.8 Å². The third-order valence-corrected chi connectivity index (χ3v) is 4.65. The molecule has 5 heteroatoms. The first-order chi connectivity index (χ1) is 12.1. The molecule has 0 aliphatic rings. The molecule has 0 fully saturated rings. The molecule has 1 aromatic heterocycles. The molecule has 0 bridgehead atoms. The van der Waals surface area contributed by atoms with Crippen LogP contribution in [0.1, 0.15) is 23.7 Å². The fourth-order valence-electron chi connectivity index (χ4n) is 2.28. The highest BCUT2D eigenvalue weighted by Gasteiger charge is 2.08. The average Bonchev–Trinajstić information content (AvgIpc) is 2.63. The summed E-state index contributed by atoms with van der Waals surface area (Å²) in [6, 6.07) is 16.0. The molecule has 3 nitrogen and oxygen atoms in total. The summed E-state index contributed by atoms with van der Waals surface area (Å²) in [4.78, 5) is 9.04. The molecule has 3 aromatic rings. The first-order valence-electron chi connectivity index (χ1n) is 8.12. The lowest BCUT2D eigenvalue weighted by Crippen LogP contribution is -1.97. The quantitative estimate of drug-likeness (QED) is 0.428. The Bertz CT molecular complexity index is 853. The molecule has 0 atom stereocenters. The molecule has 0 amide bonds. The molecular formula is C20H19FN2OS. The first kappa shape index (κ1) is 17.4. The van der Waals surface area contributed by atoms with Crippen molar-refractivity contribution in [3.8, 4) is 11.6 Å². The van der Waals surface area contributed by atoms with Gasteiger partial charge >= 0.3 is 0 Å².